The van der Waals surface area contributed by atoms with Gasteiger partial charge in [-0.3, -0.25) is 4.99 Å². The molecule has 0 aliphatic carbocycles. The van der Waals surface area contributed by atoms with Gasteiger partial charge in [0, 0.05) is 31.6 Å². The van der Waals surface area contributed by atoms with Crippen molar-refractivity contribution in [1.82, 2.24) is 10.6 Å². The molecule has 1 rings (SSSR count). The van der Waals surface area contributed by atoms with Crippen molar-refractivity contribution in [3.05, 3.63) is 0 Å². The van der Waals surface area contributed by atoms with Crippen molar-refractivity contribution in [3.8, 4) is 0 Å². The number of ether oxygens (including phenoxy) is 1. The fourth-order valence-corrected chi connectivity index (χ4v) is 3.48. The largest absolute Gasteiger partial charge is 0.381 e. The van der Waals surface area contributed by atoms with Crippen molar-refractivity contribution < 1.29 is 13.2 Å². The van der Waals surface area contributed by atoms with E-state index in [1.165, 1.54) is 6.26 Å². The van der Waals surface area contributed by atoms with E-state index < -0.39 is 14.6 Å². The van der Waals surface area contributed by atoms with E-state index in [9.17, 15) is 8.42 Å². The highest BCUT2D eigenvalue weighted by Gasteiger charge is 2.42. The first kappa shape index (κ1) is 21.9. The van der Waals surface area contributed by atoms with Gasteiger partial charge in [-0.25, -0.2) is 8.42 Å². The van der Waals surface area contributed by atoms with E-state index in [-0.39, 0.29) is 36.1 Å². The minimum Gasteiger partial charge on any atom is -0.381 e. The highest BCUT2D eigenvalue weighted by Crippen LogP contribution is 2.29. The van der Waals surface area contributed by atoms with Crippen LogP contribution in [0, 0.1) is 0 Å². The minimum absolute atomic E-state index is 0. The predicted octanol–water partition coefficient (Wildman–Crippen LogP) is 1.55. The Hall–Kier alpha value is -0.0900. The van der Waals surface area contributed by atoms with Crippen molar-refractivity contribution >= 4 is 39.8 Å². The first-order valence-electron chi connectivity index (χ1n) is 7.43. The van der Waals surface area contributed by atoms with Crippen LogP contribution in [0.2, 0.25) is 0 Å². The van der Waals surface area contributed by atoms with Crippen LogP contribution in [0.15, 0.2) is 4.99 Å². The molecular weight excluding hydrogens is 417 g/mol. The number of nitrogens with one attached hydrogen (secondary N) is 2. The summed E-state index contributed by atoms with van der Waals surface area (Å²) in [4.78, 5) is 4.52. The molecule has 2 N–H and O–H groups in total. The van der Waals surface area contributed by atoms with Gasteiger partial charge in [0.05, 0.1) is 11.3 Å². The Balaban J connectivity index is 0.00000441. The Morgan fingerprint density at radius 2 is 1.82 bits per heavy atom. The smallest absolute Gasteiger partial charge is 0.191 e. The Morgan fingerprint density at radius 1 is 1.27 bits per heavy atom. The number of rotatable bonds is 4. The van der Waals surface area contributed by atoms with Crippen LogP contribution in [-0.2, 0) is 14.6 Å². The van der Waals surface area contributed by atoms with E-state index >= 15 is 0 Å². The third-order valence-corrected chi connectivity index (χ3v) is 5.66. The Labute approximate surface area is 151 Å². The highest BCUT2D eigenvalue weighted by atomic mass is 127. The molecule has 0 aromatic rings. The molecule has 1 fully saturated rings. The van der Waals surface area contributed by atoms with Crippen LogP contribution in [-0.4, -0.2) is 57.2 Å². The van der Waals surface area contributed by atoms with Gasteiger partial charge < -0.3 is 15.4 Å². The Bertz CT molecular complexity index is 466. The maximum Gasteiger partial charge on any atom is 0.191 e. The van der Waals surface area contributed by atoms with Gasteiger partial charge in [0.1, 0.15) is 0 Å². The summed E-state index contributed by atoms with van der Waals surface area (Å²) in [6.45, 7) is 10.1. The molecule has 6 nitrogen and oxygen atoms in total. The number of aliphatic imine (C=N–C) groups is 1. The molecule has 0 bridgehead atoms. The van der Waals surface area contributed by atoms with Crippen LogP contribution < -0.4 is 10.6 Å². The Kier molecular flexibility index (Phi) is 8.64. The van der Waals surface area contributed by atoms with Crippen LogP contribution in [0.25, 0.3) is 0 Å². The molecule has 1 aliphatic heterocycles. The quantitative estimate of drug-likeness (QED) is 0.389. The first-order valence-corrected chi connectivity index (χ1v) is 9.33. The monoisotopic (exact) mass is 447 g/mol. The van der Waals surface area contributed by atoms with Crippen LogP contribution in [0.3, 0.4) is 0 Å². The Morgan fingerprint density at radius 3 is 2.23 bits per heavy atom. The number of halogens is 1. The van der Waals surface area contributed by atoms with Crippen molar-refractivity contribution in [2.75, 3.05) is 32.6 Å². The summed E-state index contributed by atoms with van der Waals surface area (Å²) in [6, 6.07) is 0. The zero-order valence-corrected chi connectivity index (χ0v) is 17.4. The number of sulfone groups is 1. The zero-order chi connectivity index (χ0) is 16.1. The van der Waals surface area contributed by atoms with Gasteiger partial charge in [-0.05, 0) is 40.5 Å². The molecule has 1 heterocycles. The summed E-state index contributed by atoms with van der Waals surface area (Å²) < 4.78 is 28.9. The molecule has 1 saturated heterocycles. The number of hydrogen-bond acceptors (Lipinski definition) is 4. The van der Waals surface area contributed by atoms with E-state index in [2.05, 4.69) is 15.6 Å². The topological polar surface area (TPSA) is 79.8 Å². The third-order valence-electron chi connectivity index (χ3n) is 3.55. The molecule has 0 radical (unpaired) electrons. The lowest BCUT2D eigenvalue weighted by molar-refractivity contribution is 0.0768. The maximum absolute atomic E-state index is 12.2. The summed E-state index contributed by atoms with van der Waals surface area (Å²) >= 11 is 0. The van der Waals surface area contributed by atoms with Gasteiger partial charge in [0.25, 0.3) is 0 Å². The lowest BCUT2D eigenvalue weighted by Crippen LogP contribution is -2.50. The molecule has 0 atom stereocenters. The van der Waals surface area contributed by atoms with Crippen LogP contribution in [0.4, 0.5) is 0 Å². The maximum atomic E-state index is 12.2. The average molecular weight is 447 g/mol. The lowest BCUT2D eigenvalue weighted by atomic mass is 9.99. The second kappa shape index (κ2) is 8.68. The fourth-order valence-electron chi connectivity index (χ4n) is 2.27. The van der Waals surface area contributed by atoms with Crippen LogP contribution in [0.1, 0.15) is 40.5 Å². The number of guanidine groups is 1. The third kappa shape index (κ3) is 6.57. The van der Waals surface area contributed by atoms with Gasteiger partial charge in [-0.2, -0.15) is 0 Å². The molecule has 0 aromatic heterocycles. The summed E-state index contributed by atoms with van der Waals surface area (Å²) in [5, 5.41) is 6.44. The predicted molar refractivity (Wildman–Crippen MR) is 102 cm³/mol. The van der Waals surface area contributed by atoms with Crippen molar-refractivity contribution in [3.63, 3.8) is 0 Å². The van der Waals surface area contributed by atoms with Gasteiger partial charge in [0.2, 0.25) is 0 Å². The van der Waals surface area contributed by atoms with Gasteiger partial charge >= 0.3 is 0 Å². The van der Waals surface area contributed by atoms with Crippen molar-refractivity contribution in [1.29, 1.82) is 0 Å². The van der Waals surface area contributed by atoms with E-state index in [1.807, 2.05) is 27.7 Å². The average Bonchev–Trinajstić information content (AvgIpc) is 2.34. The van der Waals surface area contributed by atoms with Gasteiger partial charge in [-0.1, -0.05) is 0 Å². The highest BCUT2D eigenvalue weighted by molar-refractivity contribution is 14.0. The first-order chi connectivity index (χ1) is 9.60. The molecule has 132 valence electrons. The molecule has 0 spiro atoms. The summed E-state index contributed by atoms with van der Waals surface area (Å²) in [7, 11) is -3.18. The van der Waals surface area contributed by atoms with E-state index in [4.69, 9.17) is 4.74 Å². The van der Waals surface area contributed by atoms with Gasteiger partial charge in [0.15, 0.2) is 15.8 Å². The van der Waals surface area contributed by atoms with Crippen molar-refractivity contribution in [2.24, 2.45) is 4.99 Å². The van der Waals surface area contributed by atoms with Crippen LogP contribution >= 0.6 is 24.0 Å². The normalized spacial score (nSPS) is 19.2. The zero-order valence-electron chi connectivity index (χ0n) is 14.2. The van der Waals surface area contributed by atoms with E-state index in [0.29, 0.717) is 32.0 Å². The molecule has 0 unspecified atom stereocenters. The van der Waals surface area contributed by atoms with Crippen molar-refractivity contribution in [2.45, 2.75) is 50.8 Å². The standard InChI is InChI=1S/C14H29N3O3S.HI/c1-6-15-12(17-13(2,3)4)16-11-14(21(5,18)19)7-9-20-10-8-14;/h6-11H2,1-5H3,(H2,15,16,17);1H. The van der Waals surface area contributed by atoms with E-state index in [1.54, 1.807) is 0 Å². The van der Waals surface area contributed by atoms with Crippen LogP contribution in [0.5, 0.6) is 0 Å². The lowest BCUT2D eigenvalue weighted by Gasteiger charge is -2.34. The SMILES string of the molecule is CCNC(=NCC1(S(C)(=O)=O)CCOCC1)NC(C)(C)C.I. The van der Waals surface area contributed by atoms with Gasteiger partial charge in [-0.15, -0.1) is 24.0 Å². The van der Waals surface area contributed by atoms with E-state index in [0.717, 1.165) is 6.54 Å². The minimum atomic E-state index is -3.18. The summed E-state index contributed by atoms with van der Waals surface area (Å²) in [5.74, 6) is 0.652. The molecule has 8 heteroatoms. The second-order valence-electron chi connectivity index (χ2n) is 6.64. The molecule has 1 aliphatic rings. The fraction of sp³-hybridized carbons (Fsp3) is 0.929. The second-order valence-corrected chi connectivity index (χ2v) is 9.05. The molecule has 0 saturated carbocycles. The summed E-state index contributed by atoms with van der Waals surface area (Å²) in [5.41, 5.74) is -0.130. The number of hydrogen-bond donors (Lipinski definition) is 2. The number of nitrogens with zero attached hydrogens (tertiary/aromatic N) is 1. The molecular formula is C14H30IN3O3S. The summed E-state index contributed by atoms with van der Waals surface area (Å²) in [6.07, 6.45) is 2.31. The molecule has 0 aromatic carbocycles. The molecule has 0 amide bonds. The molecule has 22 heavy (non-hydrogen) atoms.